The average Bonchev–Trinajstić information content (AvgIpc) is 3.58. The maximum Gasteiger partial charge on any atom is 0.216 e. The smallest absolute Gasteiger partial charge is 0.216 e. The van der Waals surface area contributed by atoms with Crippen LogP contribution >= 0.6 is 0 Å². The number of aromatic nitrogens is 3. The molecule has 9 rings (SSSR count). The van der Waals surface area contributed by atoms with Crippen LogP contribution in [0.5, 0.6) is 0 Å². The molecule has 0 amide bonds. The Hall–Kier alpha value is -5.22. The minimum Gasteiger partial charge on any atom is -0.486 e. The van der Waals surface area contributed by atoms with Crippen molar-refractivity contribution in [1.29, 1.82) is 0 Å². The predicted molar refractivity (Wildman–Crippen MR) is 227 cm³/mol. The first kappa shape index (κ1) is 39.0. The average molecular weight is 910 g/mol. The molecule has 1 aliphatic rings. The normalized spacial score (nSPS) is 13.0. The van der Waals surface area contributed by atoms with Crippen LogP contribution in [0.15, 0.2) is 114 Å². The van der Waals surface area contributed by atoms with Crippen molar-refractivity contribution in [2.24, 2.45) is 0 Å². The first-order chi connectivity index (χ1) is 26.7. The molecule has 1 fully saturated rings. The zero-order valence-corrected chi connectivity index (χ0v) is 35.5. The Labute approximate surface area is 344 Å². The van der Waals surface area contributed by atoms with Gasteiger partial charge in [0.25, 0.3) is 0 Å². The van der Waals surface area contributed by atoms with E-state index in [1.807, 2.05) is 18.3 Å². The summed E-state index contributed by atoms with van der Waals surface area (Å²) < 4.78 is 6.50. The van der Waals surface area contributed by atoms with E-state index in [0.717, 1.165) is 50.1 Å². The molecule has 4 nitrogen and oxygen atoms in total. The molecule has 0 spiro atoms. The Balaban J connectivity index is 0.000000253. The second-order valence-corrected chi connectivity index (χ2v) is 15.2. The number of furan rings is 1. The van der Waals surface area contributed by atoms with Crippen molar-refractivity contribution in [3.8, 4) is 44.9 Å². The van der Waals surface area contributed by atoms with Crippen LogP contribution in [-0.2, 0) is 20.1 Å². The summed E-state index contributed by atoms with van der Waals surface area (Å²) in [4.78, 5) is 14.4. The van der Waals surface area contributed by atoms with Gasteiger partial charge in [0, 0.05) is 43.4 Å². The number of fused-ring (bicyclic) bond motifs is 3. The van der Waals surface area contributed by atoms with Gasteiger partial charge in [0.05, 0.1) is 11.3 Å². The molecule has 0 bridgehead atoms. The molecular formula is C51H47IrN3O-2. The van der Waals surface area contributed by atoms with Crippen molar-refractivity contribution in [3.63, 3.8) is 0 Å². The fourth-order valence-electron chi connectivity index (χ4n) is 8.10. The van der Waals surface area contributed by atoms with E-state index in [1.165, 1.54) is 82.2 Å². The third-order valence-electron chi connectivity index (χ3n) is 11.4. The van der Waals surface area contributed by atoms with Crippen LogP contribution < -0.4 is 0 Å². The summed E-state index contributed by atoms with van der Waals surface area (Å²) in [7, 11) is 0. The van der Waals surface area contributed by atoms with Gasteiger partial charge in [0.15, 0.2) is 0 Å². The second kappa shape index (κ2) is 16.9. The maximum absolute atomic E-state index is 6.50. The maximum atomic E-state index is 6.50. The van der Waals surface area contributed by atoms with Gasteiger partial charge < -0.3 is 14.4 Å². The summed E-state index contributed by atoms with van der Waals surface area (Å²) in [5.41, 5.74) is 18.7. The van der Waals surface area contributed by atoms with Crippen LogP contribution in [0.1, 0.15) is 77.0 Å². The van der Waals surface area contributed by atoms with Crippen LogP contribution in [0.25, 0.3) is 67.0 Å². The number of pyridine rings is 3. The SMILES string of the molecule is Cc1c[c-]c(-c2cc(C)c(C)cn2)cc1.Cc1cc(-c2[c-]ccc3c2oc2nc(-c4c(C)ccc(-c5ccccc5)c4C)ccc23)ncc1C1CCCCC1.[Ir]. The van der Waals surface area contributed by atoms with E-state index < -0.39 is 0 Å². The fraction of sp³-hybridized carbons (Fsp3) is 0.235. The number of benzene rings is 4. The van der Waals surface area contributed by atoms with Crippen LogP contribution in [0.2, 0.25) is 0 Å². The Kier molecular flexibility index (Phi) is 11.8. The summed E-state index contributed by atoms with van der Waals surface area (Å²) in [5.74, 6) is 0.635. The van der Waals surface area contributed by atoms with Gasteiger partial charge in [-0.15, -0.1) is 53.6 Å². The summed E-state index contributed by atoms with van der Waals surface area (Å²) in [5, 5.41) is 2.06. The molecule has 0 unspecified atom stereocenters. The zero-order chi connectivity index (χ0) is 38.1. The molecule has 4 aromatic heterocycles. The van der Waals surface area contributed by atoms with Gasteiger partial charge in [-0.3, -0.25) is 0 Å². The first-order valence-corrected chi connectivity index (χ1v) is 19.5. The molecule has 0 atom stereocenters. The fourth-order valence-corrected chi connectivity index (χ4v) is 8.10. The molecule has 5 heteroatoms. The topological polar surface area (TPSA) is 51.8 Å². The summed E-state index contributed by atoms with van der Waals surface area (Å²) in [6, 6.07) is 40.4. The summed E-state index contributed by atoms with van der Waals surface area (Å²) in [6.45, 7) is 12.8. The van der Waals surface area contributed by atoms with Crippen molar-refractivity contribution in [3.05, 3.63) is 161 Å². The third-order valence-corrected chi connectivity index (χ3v) is 11.4. The number of rotatable bonds is 5. The summed E-state index contributed by atoms with van der Waals surface area (Å²) >= 11 is 0. The Morgan fingerprint density at radius 1 is 0.643 bits per heavy atom. The predicted octanol–water partition coefficient (Wildman–Crippen LogP) is 13.6. The standard InChI is InChI=1S/C37H33N2O.C14H14N.Ir/c1-23-17-18-28(26-11-6-4-7-12-26)25(3)35(23)33-20-19-30-29-15-10-16-31(36(29)40-37(30)39-33)34-21-24(2)32(22-38-34)27-13-8-5-9-14-27;1-10-4-6-13(7-5-10)14-8-11(2)12(3)9-15-14;/h4,6-7,10-12,15,17-22,27H,5,8-9,13-14H2,1-3H3;4-6,8-9H,1-3H3;/q2*-1;. The Bertz CT molecular complexity index is 2640. The van der Waals surface area contributed by atoms with Crippen LogP contribution in [0.3, 0.4) is 0 Å². The number of hydrogen-bond acceptors (Lipinski definition) is 4. The Morgan fingerprint density at radius 2 is 1.41 bits per heavy atom. The van der Waals surface area contributed by atoms with Gasteiger partial charge >= 0.3 is 0 Å². The van der Waals surface area contributed by atoms with Crippen LogP contribution in [0, 0.1) is 53.7 Å². The molecule has 4 aromatic carbocycles. The van der Waals surface area contributed by atoms with Gasteiger partial charge in [0.2, 0.25) is 5.71 Å². The van der Waals surface area contributed by atoms with Crippen molar-refractivity contribution in [2.45, 2.75) is 79.6 Å². The van der Waals surface area contributed by atoms with E-state index in [4.69, 9.17) is 14.4 Å². The van der Waals surface area contributed by atoms with Crippen molar-refractivity contribution < 1.29 is 24.5 Å². The quantitative estimate of drug-likeness (QED) is 0.161. The van der Waals surface area contributed by atoms with E-state index >= 15 is 0 Å². The number of hydrogen-bond donors (Lipinski definition) is 0. The molecule has 1 saturated carbocycles. The van der Waals surface area contributed by atoms with Gasteiger partial charge in [-0.25, -0.2) is 4.98 Å². The molecular weight excluding hydrogens is 863 g/mol. The van der Waals surface area contributed by atoms with Crippen LogP contribution in [0.4, 0.5) is 0 Å². The zero-order valence-electron chi connectivity index (χ0n) is 33.1. The number of nitrogens with zero attached hydrogens (tertiary/aromatic N) is 3. The monoisotopic (exact) mass is 910 g/mol. The van der Waals surface area contributed by atoms with Gasteiger partial charge in [-0.1, -0.05) is 103 Å². The van der Waals surface area contributed by atoms with Gasteiger partial charge in [-0.2, -0.15) is 0 Å². The first-order valence-electron chi connectivity index (χ1n) is 19.5. The van der Waals surface area contributed by atoms with Crippen molar-refractivity contribution >= 4 is 22.1 Å². The number of aryl methyl sites for hydroxylation is 5. The van der Waals surface area contributed by atoms with Crippen LogP contribution in [-0.4, -0.2) is 15.0 Å². The van der Waals surface area contributed by atoms with E-state index in [0.29, 0.717) is 11.6 Å². The molecule has 4 heterocycles. The van der Waals surface area contributed by atoms with E-state index in [-0.39, 0.29) is 20.1 Å². The van der Waals surface area contributed by atoms with E-state index in [2.05, 4.69) is 150 Å². The summed E-state index contributed by atoms with van der Waals surface area (Å²) in [6.07, 6.45) is 10.6. The second-order valence-electron chi connectivity index (χ2n) is 15.2. The molecule has 56 heavy (non-hydrogen) atoms. The van der Waals surface area contributed by atoms with Crippen molar-refractivity contribution in [1.82, 2.24) is 15.0 Å². The molecule has 0 saturated heterocycles. The molecule has 8 aromatic rings. The van der Waals surface area contributed by atoms with E-state index in [1.54, 1.807) is 0 Å². The molecule has 1 aliphatic carbocycles. The van der Waals surface area contributed by atoms with Gasteiger partial charge in [0.1, 0.15) is 0 Å². The van der Waals surface area contributed by atoms with Crippen molar-refractivity contribution in [2.75, 3.05) is 0 Å². The third kappa shape index (κ3) is 7.89. The molecule has 0 N–H and O–H groups in total. The van der Waals surface area contributed by atoms with Gasteiger partial charge in [-0.05, 0) is 110 Å². The Morgan fingerprint density at radius 3 is 2.14 bits per heavy atom. The molecule has 283 valence electrons. The molecule has 1 radical (unpaired) electrons. The largest absolute Gasteiger partial charge is 0.486 e. The minimum absolute atomic E-state index is 0. The molecule has 0 aliphatic heterocycles. The van der Waals surface area contributed by atoms with E-state index in [9.17, 15) is 0 Å². The minimum atomic E-state index is 0.